The van der Waals surface area contributed by atoms with E-state index in [1.54, 1.807) is 0 Å². The molecule has 1 aliphatic heterocycles. The van der Waals surface area contributed by atoms with Crippen molar-refractivity contribution in [3.05, 3.63) is 18.0 Å². The van der Waals surface area contributed by atoms with Gasteiger partial charge in [0.15, 0.2) is 5.96 Å². The molecule has 0 radical (unpaired) electrons. The summed E-state index contributed by atoms with van der Waals surface area (Å²) in [5.74, 6) is 0.920. The third-order valence-electron chi connectivity index (χ3n) is 4.15. The highest BCUT2D eigenvalue weighted by molar-refractivity contribution is 5.80. The number of rotatable bonds is 5. The van der Waals surface area contributed by atoms with Gasteiger partial charge < -0.3 is 10.6 Å². The monoisotopic (exact) mass is 290 g/mol. The fourth-order valence-electron chi connectivity index (χ4n) is 2.91. The molecule has 2 heterocycles. The van der Waals surface area contributed by atoms with Gasteiger partial charge >= 0.3 is 0 Å². The predicted octanol–water partition coefficient (Wildman–Crippen LogP) is 0.712. The van der Waals surface area contributed by atoms with E-state index in [4.69, 9.17) is 0 Å². The molecule has 21 heavy (non-hydrogen) atoms. The SMILES string of the molecule is CCNC(=NCc1cnn(C)c1)NC1CCN(C2CC2)C1. The van der Waals surface area contributed by atoms with Crippen molar-refractivity contribution < 1.29 is 0 Å². The first-order valence-electron chi connectivity index (χ1n) is 8.01. The van der Waals surface area contributed by atoms with Crippen LogP contribution in [0.1, 0.15) is 31.7 Å². The lowest BCUT2D eigenvalue weighted by Crippen LogP contribution is -2.44. The van der Waals surface area contributed by atoms with Crippen LogP contribution in [0, 0.1) is 0 Å². The minimum absolute atomic E-state index is 0.525. The fourth-order valence-corrected chi connectivity index (χ4v) is 2.91. The lowest BCUT2D eigenvalue weighted by Gasteiger charge is -2.18. The second kappa shape index (κ2) is 6.47. The van der Waals surface area contributed by atoms with Crippen molar-refractivity contribution in [2.45, 2.75) is 44.8 Å². The Morgan fingerprint density at radius 3 is 2.95 bits per heavy atom. The summed E-state index contributed by atoms with van der Waals surface area (Å²) in [4.78, 5) is 7.28. The Morgan fingerprint density at radius 2 is 2.29 bits per heavy atom. The molecule has 1 unspecified atom stereocenters. The Morgan fingerprint density at radius 1 is 1.43 bits per heavy atom. The van der Waals surface area contributed by atoms with Gasteiger partial charge in [0.2, 0.25) is 0 Å². The molecule has 0 bridgehead atoms. The Kier molecular flexibility index (Phi) is 4.43. The van der Waals surface area contributed by atoms with Crippen molar-refractivity contribution in [3.8, 4) is 0 Å². The van der Waals surface area contributed by atoms with Crippen LogP contribution in [0.2, 0.25) is 0 Å². The number of guanidine groups is 1. The van der Waals surface area contributed by atoms with Crippen LogP contribution in [0.15, 0.2) is 17.4 Å². The van der Waals surface area contributed by atoms with Crippen molar-refractivity contribution >= 4 is 5.96 Å². The third-order valence-corrected chi connectivity index (χ3v) is 4.15. The number of aromatic nitrogens is 2. The lowest BCUT2D eigenvalue weighted by molar-refractivity contribution is 0.321. The molecule has 2 aliphatic rings. The lowest BCUT2D eigenvalue weighted by atomic mass is 10.3. The predicted molar refractivity (Wildman–Crippen MR) is 84.2 cm³/mol. The van der Waals surface area contributed by atoms with Gasteiger partial charge in [-0.1, -0.05) is 0 Å². The van der Waals surface area contributed by atoms with Crippen LogP contribution in [-0.2, 0) is 13.6 Å². The van der Waals surface area contributed by atoms with E-state index in [1.165, 1.54) is 25.8 Å². The summed E-state index contributed by atoms with van der Waals surface area (Å²) < 4.78 is 1.82. The molecule has 6 heteroatoms. The molecule has 1 aromatic rings. The fraction of sp³-hybridized carbons (Fsp3) is 0.733. The van der Waals surface area contributed by atoms with Gasteiger partial charge in [-0.2, -0.15) is 5.10 Å². The Balaban J connectivity index is 1.53. The molecule has 0 aromatic carbocycles. The summed E-state index contributed by atoms with van der Waals surface area (Å²) in [6.07, 6.45) is 7.88. The van der Waals surface area contributed by atoms with E-state index < -0.39 is 0 Å². The maximum absolute atomic E-state index is 4.67. The molecule has 6 nitrogen and oxygen atoms in total. The van der Waals surface area contributed by atoms with E-state index in [2.05, 4.69) is 32.5 Å². The number of aliphatic imine (C=N–C) groups is 1. The van der Waals surface area contributed by atoms with E-state index in [1.807, 2.05) is 24.1 Å². The van der Waals surface area contributed by atoms with E-state index >= 15 is 0 Å². The van der Waals surface area contributed by atoms with Gasteiger partial charge in [0, 0.05) is 50.5 Å². The molecule has 1 aliphatic carbocycles. The van der Waals surface area contributed by atoms with Gasteiger partial charge in [-0.15, -0.1) is 0 Å². The van der Waals surface area contributed by atoms with E-state index in [0.29, 0.717) is 12.6 Å². The van der Waals surface area contributed by atoms with E-state index in [9.17, 15) is 0 Å². The number of nitrogens with one attached hydrogen (secondary N) is 2. The summed E-state index contributed by atoms with van der Waals surface area (Å²) in [5, 5.41) is 11.1. The third kappa shape index (κ3) is 3.97. The molecule has 1 saturated carbocycles. The van der Waals surface area contributed by atoms with E-state index in [-0.39, 0.29) is 0 Å². The number of hydrogen-bond donors (Lipinski definition) is 2. The second-order valence-corrected chi connectivity index (χ2v) is 6.07. The zero-order chi connectivity index (χ0) is 14.7. The van der Waals surface area contributed by atoms with Crippen LogP contribution in [0.4, 0.5) is 0 Å². The largest absolute Gasteiger partial charge is 0.357 e. The van der Waals surface area contributed by atoms with Crippen molar-refractivity contribution in [1.29, 1.82) is 0 Å². The van der Waals surface area contributed by atoms with Crippen LogP contribution < -0.4 is 10.6 Å². The van der Waals surface area contributed by atoms with Crippen molar-refractivity contribution in [2.75, 3.05) is 19.6 Å². The highest BCUT2D eigenvalue weighted by atomic mass is 15.3. The van der Waals surface area contributed by atoms with Gasteiger partial charge in [0.05, 0.1) is 12.7 Å². The molecular formula is C15H26N6. The summed E-state index contributed by atoms with van der Waals surface area (Å²) in [6, 6.07) is 1.39. The number of hydrogen-bond acceptors (Lipinski definition) is 3. The highest BCUT2D eigenvalue weighted by Crippen LogP contribution is 2.29. The maximum atomic E-state index is 4.67. The average Bonchev–Trinajstić information content (AvgIpc) is 3.08. The number of nitrogens with zero attached hydrogens (tertiary/aromatic N) is 4. The van der Waals surface area contributed by atoms with E-state index in [0.717, 1.165) is 30.7 Å². The first-order chi connectivity index (χ1) is 10.2. The first-order valence-corrected chi connectivity index (χ1v) is 8.01. The minimum Gasteiger partial charge on any atom is -0.357 e. The molecule has 0 spiro atoms. The minimum atomic E-state index is 0.525. The number of likely N-dealkylation sites (tertiary alicyclic amines) is 1. The molecule has 2 N–H and O–H groups in total. The van der Waals surface area contributed by atoms with Crippen LogP contribution in [0.25, 0.3) is 0 Å². The average molecular weight is 290 g/mol. The first kappa shape index (κ1) is 14.4. The van der Waals surface area contributed by atoms with Crippen LogP contribution in [0.3, 0.4) is 0 Å². The summed E-state index contributed by atoms with van der Waals surface area (Å²) in [5.41, 5.74) is 1.14. The zero-order valence-corrected chi connectivity index (χ0v) is 13.0. The smallest absolute Gasteiger partial charge is 0.191 e. The van der Waals surface area contributed by atoms with Gasteiger partial charge in [0.1, 0.15) is 0 Å². The molecule has 0 amide bonds. The van der Waals surface area contributed by atoms with Crippen molar-refractivity contribution in [2.24, 2.45) is 12.0 Å². The molecule has 1 aromatic heterocycles. The molecule has 1 atom stereocenters. The van der Waals surface area contributed by atoms with Gasteiger partial charge in [-0.05, 0) is 26.2 Å². The Hall–Kier alpha value is -1.56. The van der Waals surface area contributed by atoms with Gasteiger partial charge in [0.25, 0.3) is 0 Å². The quantitative estimate of drug-likeness (QED) is 0.619. The van der Waals surface area contributed by atoms with Crippen molar-refractivity contribution in [3.63, 3.8) is 0 Å². The highest BCUT2D eigenvalue weighted by Gasteiger charge is 2.34. The summed E-state index contributed by atoms with van der Waals surface area (Å²) in [7, 11) is 1.93. The van der Waals surface area contributed by atoms with Gasteiger partial charge in [-0.3, -0.25) is 9.58 Å². The topological polar surface area (TPSA) is 57.5 Å². The Labute approximate surface area is 126 Å². The van der Waals surface area contributed by atoms with Crippen LogP contribution >= 0.6 is 0 Å². The molecule has 2 fully saturated rings. The zero-order valence-electron chi connectivity index (χ0n) is 13.0. The van der Waals surface area contributed by atoms with Gasteiger partial charge in [-0.25, -0.2) is 4.99 Å². The second-order valence-electron chi connectivity index (χ2n) is 6.07. The molecule has 3 rings (SSSR count). The normalized spacial score (nSPS) is 23.5. The molecule has 116 valence electrons. The maximum Gasteiger partial charge on any atom is 0.191 e. The van der Waals surface area contributed by atoms with Crippen molar-refractivity contribution in [1.82, 2.24) is 25.3 Å². The summed E-state index contributed by atoms with van der Waals surface area (Å²) >= 11 is 0. The molecular weight excluding hydrogens is 264 g/mol. The standard InChI is InChI=1S/C15H26N6/c1-3-16-15(17-8-12-9-18-20(2)10-12)19-13-6-7-21(11-13)14-4-5-14/h9-10,13-14H,3-8,11H2,1-2H3,(H2,16,17,19). The molecule has 1 saturated heterocycles. The van der Waals surface area contributed by atoms with Crippen LogP contribution in [-0.4, -0.2) is 52.4 Å². The van der Waals surface area contributed by atoms with Crippen LogP contribution in [0.5, 0.6) is 0 Å². The Bertz CT molecular complexity index is 490. The summed E-state index contributed by atoms with van der Waals surface area (Å²) in [6.45, 7) is 6.04. The number of aryl methyl sites for hydroxylation is 1.